The zero-order chi connectivity index (χ0) is 19.7. The van der Waals surface area contributed by atoms with Crippen LogP contribution in [0.15, 0.2) is 54.7 Å². The van der Waals surface area contributed by atoms with Gasteiger partial charge < -0.3 is 15.6 Å². The monoisotopic (exact) mass is 372 g/mol. The van der Waals surface area contributed by atoms with E-state index in [1.54, 1.807) is 11.9 Å². The van der Waals surface area contributed by atoms with Crippen molar-refractivity contribution >= 4 is 22.8 Å². The number of hydrogen-bond donors (Lipinski definition) is 2. The molecule has 0 bridgehead atoms. The number of hydrogen-bond acceptors (Lipinski definition) is 5. The van der Waals surface area contributed by atoms with Crippen LogP contribution in [0.25, 0.3) is 22.6 Å². The first kappa shape index (κ1) is 17.7. The predicted molar refractivity (Wildman–Crippen MR) is 109 cm³/mol. The minimum atomic E-state index is -0.232. The van der Waals surface area contributed by atoms with Crippen LogP contribution < -0.4 is 5.73 Å². The molecule has 1 amide bonds. The molecule has 0 saturated carbocycles. The molecule has 0 spiro atoms. The molecule has 4 rings (SSSR count). The number of carbonyl (C=O) groups excluding carboxylic acids is 1. The lowest BCUT2D eigenvalue weighted by Crippen LogP contribution is -2.27. The molecule has 0 atom stereocenters. The molecule has 140 valence electrons. The molecule has 0 aliphatic heterocycles. The van der Waals surface area contributed by atoms with Crippen LogP contribution in [0.2, 0.25) is 0 Å². The summed E-state index contributed by atoms with van der Waals surface area (Å²) in [5.41, 5.74) is 10.4. The Bertz CT molecular complexity index is 1150. The summed E-state index contributed by atoms with van der Waals surface area (Å²) in [4.78, 5) is 30.8. The second-order valence-corrected chi connectivity index (χ2v) is 6.74. The zero-order valence-corrected chi connectivity index (χ0v) is 15.7. The largest absolute Gasteiger partial charge is 0.382 e. The van der Waals surface area contributed by atoms with E-state index in [4.69, 9.17) is 5.73 Å². The molecule has 4 aromatic rings. The molecule has 0 aliphatic rings. The summed E-state index contributed by atoms with van der Waals surface area (Å²) in [5, 5.41) is 0. The normalized spacial score (nSPS) is 10.9. The molecule has 2 aromatic heterocycles. The quantitative estimate of drug-likeness (QED) is 0.573. The number of aromatic amines is 1. The number of anilines is 1. The minimum absolute atomic E-state index is 0.220. The average Bonchev–Trinajstić information content (AvgIpc) is 3.11. The number of benzene rings is 2. The topological polar surface area (TPSA) is 101 Å². The van der Waals surface area contributed by atoms with Crippen LogP contribution in [0.4, 0.5) is 5.82 Å². The van der Waals surface area contributed by atoms with Gasteiger partial charge in [0, 0.05) is 13.6 Å². The van der Waals surface area contributed by atoms with Crippen molar-refractivity contribution in [1.29, 1.82) is 0 Å². The van der Waals surface area contributed by atoms with Gasteiger partial charge in [-0.1, -0.05) is 36.4 Å². The van der Waals surface area contributed by atoms with Gasteiger partial charge in [-0.05, 0) is 30.2 Å². The fourth-order valence-electron chi connectivity index (χ4n) is 3.04. The summed E-state index contributed by atoms with van der Waals surface area (Å²) in [5.74, 6) is 0.480. The number of H-pyrrole nitrogens is 1. The molecule has 2 aromatic carbocycles. The maximum Gasteiger partial charge on any atom is 0.274 e. The fraction of sp³-hybridized carbons (Fsp3) is 0.143. The Kier molecular flexibility index (Phi) is 4.49. The van der Waals surface area contributed by atoms with Gasteiger partial charge >= 0.3 is 0 Å². The Morgan fingerprint density at radius 3 is 2.71 bits per heavy atom. The maximum atomic E-state index is 12.8. The number of rotatable bonds is 4. The number of aromatic nitrogens is 4. The van der Waals surface area contributed by atoms with E-state index in [1.165, 1.54) is 6.20 Å². The van der Waals surface area contributed by atoms with Crippen molar-refractivity contribution in [2.75, 3.05) is 12.8 Å². The number of aryl methyl sites for hydroxylation is 1. The Morgan fingerprint density at radius 2 is 1.93 bits per heavy atom. The van der Waals surface area contributed by atoms with Gasteiger partial charge in [0.05, 0.1) is 17.2 Å². The van der Waals surface area contributed by atoms with Crippen molar-refractivity contribution in [1.82, 2.24) is 24.8 Å². The van der Waals surface area contributed by atoms with E-state index in [-0.39, 0.29) is 17.4 Å². The van der Waals surface area contributed by atoms with Gasteiger partial charge in [0.25, 0.3) is 5.91 Å². The highest BCUT2D eigenvalue weighted by molar-refractivity contribution is 5.93. The highest BCUT2D eigenvalue weighted by Crippen LogP contribution is 2.23. The third-order valence-corrected chi connectivity index (χ3v) is 4.49. The molecule has 0 unspecified atom stereocenters. The molecule has 0 fully saturated rings. The maximum absolute atomic E-state index is 12.8. The Morgan fingerprint density at radius 1 is 1.14 bits per heavy atom. The van der Waals surface area contributed by atoms with Crippen molar-refractivity contribution in [3.05, 3.63) is 71.5 Å². The number of amides is 1. The molecule has 28 heavy (non-hydrogen) atoms. The lowest BCUT2D eigenvalue weighted by atomic mass is 10.2. The van der Waals surface area contributed by atoms with Gasteiger partial charge in [0.1, 0.15) is 11.4 Å². The molecule has 7 heteroatoms. The summed E-state index contributed by atoms with van der Waals surface area (Å²) < 4.78 is 0. The van der Waals surface area contributed by atoms with Gasteiger partial charge in [-0.15, -0.1) is 0 Å². The smallest absolute Gasteiger partial charge is 0.274 e. The first-order chi connectivity index (χ1) is 13.5. The third kappa shape index (κ3) is 3.42. The number of nitrogens with two attached hydrogens (primary N) is 1. The summed E-state index contributed by atoms with van der Waals surface area (Å²) in [7, 11) is 1.73. The first-order valence-electron chi connectivity index (χ1n) is 8.90. The first-order valence-corrected chi connectivity index (χ1v) is 8.90. The summed E-state index contributed by atoms with van der Waals surface area (Å²) in [6.45, 7) is 2.49. The van der Waals surface area contributed by atoms with Crippen LogP contribution >= 0.6 is 0 Å². The van der Waals surface area contributed by atoms with Gasteiger partial charge in [-0.25, -0.2) is 15.0 Å². The second-order valence-electron chi connectivity index (χ2n) is 6.74. The summed E-state index contributed by atoms with van der Waals surface area (Å²) in [6.07, 6.45) is 1.40. The Balaban J connectivity index is 1.65. The average molecular weight is 372 g/mol. The van der Waals surface area contributed by atoms with E-state index >= 15 is 0 Å². The molecule has 0 aliphatic carbocycles. The van der Waals surface area contributed by atoms with Crippen molar-refractivity contribution in [2.24, 2.45) is 0 Å². The number of nitrogens with one attached hydrogen (secondary N) is 1. The molecule has 0 saturated heterocycles. The van der Waals surface area contributed by atoms with Crippen molar-refractivity contribution in [2.45, 2.75) is 13.5 Å². The molecule has 3 N–H and O–H groups in total. The molecular formula is C21H20N6O. The molecule has 0 radical (unpaired) electrons. The second kappa shape index (κ2) is 7.11. The Hall–Kier alpha value is -3.74. The van der Waals surface area contributed by atoms with Crippen LogP contribution in [0.5, 0.6) is 0 Å². The van der Waals surface area contributed by atoms with Gasteiger partial charge in [-0.3, -0.25) is 4.79 Å². The number of imidazole rings is 1. The lowest BCUT2D eigenvalue weighted by molar-refractivity contribution is 0.0779. The fourth-order valence-corrected chi connectivity index (χ4v) is 3.04. The van der Waals surface area contributed by atoms with Crippen molar-refractivity contribution in [3.8, 4) is 11.5 Å². The van der Waals surface area contributed by atoms with E-state index in [0.717, 1.165) is 22.2 Å². The Labute approximate surface area is 162 Å². The van der Waals surface area contributed by atoms with Crippen LogP contribution in [0.1, 0.15) is 21.6 Å². The standard InChI is InChI=1S/C21H20N6O/c1-13-8-9-15-16(10-13)26-20(25-15)18-19(22)23-11-17(24-18)21(28)27(2)12-14-6-4-3-5-7-14/h3-11H,12H2,1-2H3,(H2,22,23)(H,25,26). The van der Waals surface area contributed by atoms with Crippen molar-refractivity contribution in [3.63, 3.8) is 0 Å². The number of fused-ring (bicyclic) bond motifs is 1. The van der Waals surface area contributed by atoms with E-state index < -0.39 is 0 Å². The number of nitrogens with zero attached hydrogens (tertiary/aromatic N) is 4. The van der Waals surface area contributed by atoms with Crippen LogP contribution in [-0.2, 0) is 6.54 Å². The SMILES string of the molecule is Cc1ccc2nc(-c3nc(C(=O)N(C)Cc4ccccc4)cnc3N)[nH]c2c1. The molecule has 7 nitrogen and oxygen atoms in total. The van der Waals surface area contributed by atoms with Crippen LogP contribution in [0.3, 0.4) is 0 Å². The summed E-state index contributed by atoms with van der Waals surface area (Å²) in [6, 6.07) is 15.7. The van der Waals surface area contributed by atoms with Crippen LogP contribution in [-0.4, -0.2) is 37.8 Å². The van der Waals surface area contributed by atoms with Gasteiger partial charge in [-0.2, -0.15) is 0 Å². The van der Waals surface area contributed by atoms with Gasteiger partial charge in [0.2, 0.25) is 0 Å². The highest BCUT2D eigenvalue weighted by Gasteiger charge is 2.18. The number of carbonyl (C=O) groups is 1. The van der Waals surface area contributed by atoms with E-state index in [9.17, 15) is 4.79 Å². The van der Waals surface area contributed by atoms with Crippen molar-refractivity contribution < 1.29 is 4.79 Å². The minimum Gasteiger partial charge on any atom is -0.382 e. The summed E-state index contributed by atoms with van der Waals surface area (Å²) >= 11 is 0. The highest BCUT2D eigenvalue weighted by atomic mass is 16.2. The van der Waals surface area contributed by atoms with Crippen LogP contribution in [0, 0.1) is 6.92 Å². The third-order valence-electron chi connectivity index (χ3n) is 4.49. The van der Waals surface area contributed by atoms with E-state index in [1.807, 2.05) is 55.5 Å². The number of nitrogen functional groups attached to an aromatic ring is 1. The molecule has 2 heterocycles. The van der Waals surface area contributed by atoms with E-state index in [0.29, 0.717) is 18.1 Å². The van der Waals surface area contributed by atoms with E-state index in [2.05, 4.69) is 19.9 Å². The zero-order valence-electron chi connectivity index (χ0n) is 15.7. The predicted octanol–water partition coefficient (Wildman–Crippen LogP) is 3.18. The molecular weight excluding hydrogens is 352 g/mol. The van der Waals surface area contributed by atoms with Gasteiger partial charge in [0.15, 0.2) is 11.6 Å². The lowest BCUT2D eigenvalue weighted by Gasteiger charge is -2.17.